The van der Waals surface area contributed by atoms with Crippen molar-refractivity contribution >= 4 is 33.0 Å². The molecular weight excluding hydrogens is 398 g/mol. The van der Waals surface area contributed by atoms with Crippen LogP contribution in [0.2, 0.25) is 0 Å². The van der Waals surface area contributed by atoms with Gasteiger partial charge < -0.3 is 11.1 Å². The summed E-state index contributed by atoms with van der Waals surface area (Å²) in [4.78, 5) is 12.1. The number of anilines is 3. The first kappa shape index (κ1) is 20.7. The molecule has 0 saturated heterocycles. The van der Waals surface area contributed by atoms with E-state index in [1.807, 2.05) is 0 Å². The van der Waals surface area contributed by atoms with Gasteiger partial charge in [-0.3, -0.25) is 9.52 Å². The third kappa shape index (κ3) is 5.74. The Kier molecular flexibility index (Phi) is 6.53. The van der Waals surface area contributed by atoms with Gasteiger partial charge in [0.15, 0.2) is 0 Å². The number of carbonyl (C=O) groups excluding carboxylic acids is 1. The Hall–Kier alpha value is -4.02. The molecule has 0 fully saturated rings. The van der Waals surface area contributed by atoms with Gasteiger partial charge in [-0.15, -0.1) is 0 Å². The average Bonchev–Trinajstić information content (AvgIpc) is 2.74. The van der Waals surface area contributed by atoms with Crippen molar-refractivity contribution in [3.63, 3.8) is 0 Å². The molecule has 30 heavy (non-hydrogen) atoms. The van der Waals surface area contributed by atoms with Crippen LogP contribution in [0.4, 0.5) is 17.1 Å². The van der Waals surface area contributed by atoms with Crippen molar-refractivity contribution in [1.82, 2.24) is 0 Å². The predicted octanol–water partition coefficient (Wildman–Crippen LogP) is 3.62. The molecule has 1 amide bonds. The monoisotopic (exact) mass is 417 g/mol. The first-order valence-corrected chi connectivity index (χ1v) is 10.4. The van der Waals surface area contributed by atoms with E-state index in [4.69, 9.17) is 5.73 Å². The molecule has 0 radical (unpaired) electrons. The van der Waals surface area contributed by atoms with Crippen LogP contribution in [0.15, 0.2) is 95.9 Å². The Morgan fingerprint density at radius 2 is 1.67 bits per heavy atom. The number of para-hydroxylation sites is 2. The number of nitrogen functional groups attached to an aromatic ring is 1. The molecule has 0 aliphatic rings. The maximum Gasteiger partial charge on any atom is 0.261 e. The summed E-state index contributed by atoms with van der Waals surface area (Å²) >= 11 is 0. The molecule has 0 saturated carbocycles. The Balaban J connectivity index is 1.65. The second-order valence-corrected chi connectivity index (χ2v) is 7.86. The van der Waals surface area contributed by atoms with Gasteiger partial charge in [0.25, 0.3) is 10.0 Å². The van der Waals surface area contributed by atoms with Gasteiger partial charge in [-0.25, -0.2) is 8.42 Å². The number of hydrogen-bond donors (Lipinski definition) is 3. The van der Waals surface area contributed by atoms with Crippen LogP contribution in [-0.4, -0.2) is 14.3 Å². The molecule has 3 aromatic carbocycles. The van der Waals surface area contributed by atoms with E-state index in [9.17, 15) is 13.2 Å². The van der Waals surface area contributed by atoms with Gasteiger partial charge in [0, 0.05) is 11.6 Å². The van der Waals surface area contributed by atoms with Crippen molar-refractivity contribution in [2.24, 2.45) is 0 Å². The fourth-order valence-corrected chi connectivity index (χ4v) is 3.57. The lowest BCUT2D eigenvalue weighted by atomic mass is 10.2. The lowest BCUT2D eigenvalue weighted by Crippen LogP contribution is -2.12. The van der Waals surface area contributed by atoms with Crippen LogP contribution < -0.4 is 15.8 Å². The van der Waals surface area contributed by atoms with E-state index in [0.29, 0.717) is 22.6 Å². The second-order valence-electron chi connectivity index (χ2n) is 6.18. The summed E-state index contributed by atoms with van der Waals surface area (Å²) in [5, 5.41) is 2.66. The Labute approximate surface area is 175 Å². The molecule has 3 rings (SSSR count). The number of nitrogens with one attached hydrogen (secondary N) is 2. The second kappa shape index (κ2) is 9.45. The van der Waals surface area contributed by atoms with Crippen LogP contribution in [0.5, 0.6) is 0 Å². The number of nitrogens with two attached hydrogens (primary N) is 1. The number of benzene rings is 3. The molecule has 0 aromatic heterocycles. The van der Waals surface area contributed by atoms with E-state index < -0.39 is 10.0 Å². The molecular formula is C23H19N3O3S. The van der Waals surface area contributed by atoms with Crippen LogP contribution in [-0.2, 0) is 14.8 Å². The Morgan fingerprint density at radius 3 is 2.43 bits per heavy atom. The van der Waals surface area contributed by atoms with E-state index in [1.165, 1.54) is 24.3 Å². The summed E-state index contributed by atoms with van der Waals surface area (Å²) in [6, 6.07) is 21.7. The van der Waals surface area contributed by atoms with E-state index in [2.05, 4.69) is 21.9 Å². The SMILES string of the molecule is Nc1ccccc1NC(=O)C=CC#Cc1cccc(NS(=O)(=O)c2ccccc2)c1. The van der Waals surface area contributed by atoms with Gasteiger partial charge in [0.05, 0.1) is 22.0 Å². The average molecular weight is 417 g/mol. The fraction of sp³-hybridized carbons (Fsp3) is 0. The minimum absolute atomic E-state index is 0.175. The van der Waals surface area contributed by atoms with Crippen molar-refractivity contribution in [1.29, 1.82) is 0 Å². The molecule has 4 N–H and O–H groups in total. The third-order valence-corrected chi connectivity index (χ3v) is 5.32. The van der Waals surface area contributed by atoms with Crippen LogP contribution >= 0.6 is 0 Å². The van der Waals surface area contributed by atoms with Crippen molar-refractivity contribution in [3.8, 4) is 11.8 Å². The Bertz CT molecular complexity index is 1240. The van der Waals surface area contributed by atoms with E-state index in [-0.39, 0.29) is 10.8 Å². The number of rotatable bonds is 5. The quantitative estimate of drug-likeness (QED) is 0.335. The normalized spacial score (nSPS) is 10.8. The zero-order valence-electron chi connectivity index (χ0n) is 15.9. The van der Waals surface area contributed by atoms with Gasteiger partial charge in [-0.05, 0) is 48.5 Å². The number of carbonyl (C=O) groups is 1. The summed E-state index contributed by atoms with van der Waals surface area (Å²) in [6.45, 7) is 0. The highest BCUT2D eigenvalue weighted by Crippen LogP contribution is 2.17. The van der Waals surface area contributed by atoms with Crippen molar-refractivity contribution < 1.29 is 13.2 Å². The molecule has 6 nitrogen and oxygen atoms in total. The topological polar surface area (TPSA) is 101 Å². The maximum absolute atomic E-state index is 12.4. The molecule has 0 unspecified atom stereocenters. The zero-order valence-corrected chi connectivity index (χ0v) is 16.7. The summed E-state index contributed by atoms with van der Waals surface area (Å²) in [7, 11) is -3.68. The van der Waals surface area contributed by atoms with E-state index in [0.717, 1.165) is 0 Å². The summed E-state index contributed by atoms with van der Waals surface area (Å²) in [5.74, 6) is 5.26. The zero-order chi connectivity index (χ0) is 21.4. The number of sulfonamides is 1. The van der Waals surface area contributed by atoms with Gasteiger partial charge >= 0.3 is 0 Å². The molecule has 0 spiro atoms. The molecule has 150 valence electrons. The smallest absolute Gasteiger partial charge is 0.261 e. The van der Waals surface area contributed by atoms with Crippen LogP contribution in [0, 0.1) is 11.8 Å². The largest absolute Gasteiger partial charge is 0.397 e. The summed E-state index contributed by atoms with van der Waals surface area (Å²) in [6.07, 6.45) is 2.71. The molecule has 0 heterocycles. The minimum atomic E-state index is -3.68. The molecule has 0 atom stereocenters. The lowest BCUT2D eigenvalue weighted by Gasteiger charge is -2.08. The van der Waals surface area contributed by atoms with Crippen molar-refractivity contribution in [2.75, 3.05) is 15.8 Å². The highest BCUT2D eigenvalue weighted by atomic mass is 32.2. The van der Waals surface area contributed by atoms with E-state index in [1.54, 1.807) is 66.7 Å². The van der Waals surface area contributed by atoms with Crippen molar-refractivity contribution in [3.05, 3.63) is 96.6 Å². The highest BCUT2D eigenvalue weighted by molar-refractivity contribution is 7.92. The molecule has 3 aromatic rings. The van der Waals surface area contributed by atoms with Crippen LogP contribution in [0.1, 0.15) is 5.56 Å². The minimum Gasteiger partial charge on any atom is -0.397 e. The predicted molar refractivity (Wildman–Crippen MR) is 119 cm³/mol. The van der Waals surface area contributed by atoms with Gasteiger partial charge in [0.1, 0.15) is 0 Å². The van der Waals surface area contributed by atoms with Gasteiger partial charge in [-0.1, -0.05) is 48.2 Å². The maximum atomic E-state index is 12.4. The number of amides is 1. The summed E-state index contributed by atoms with van der Waals surface area (Å²) in [5.41, 5.74) is 7.77. The summed E-state index contributed by atoms with van der Waals surface area (Å²) < 4.78 is 27.3. The van der Waals surface area contributed by atoms with Crippen LogP contribution in [0.3, 0.4) is 0 Å². The first-order chi connectivity index (χ1) is 14.4. The molecule has 0 bridgehead atoms. The third-order valence-electron chi connectivity index (χ3n) is 3.92. The van der Waals surface area contributed by atoms with Gasteiger partial charge in [0.2, 0.25) is 5.91 Å². The number of hydrogen-bond acceptors (Lipinski definition) is 4. The standard InChI is InChI=1S/C23H19N3O3S/c24-21-14-5-6-15-22(21)25-23(27)16-7-4-9-18-10-8-11-19(17-18)26-30(28,29)20-12-2-1-3-13-20/h1-3,5-8,10-17,26H,24H2,(H,25,27). The lowest BCUT2D eigenvalue weighted by molar-refractivity contribution is -0.111. The molecule has 0 aliphatic carbocycles. The van der Waals surface area contributed by atoms with E-state index >= 15 is 0 Å². The molecule has 0 aliphatic heterocycles. The van der Waals surface area contributed by atoms with Gasteiger partial charge in [-0.2, -0.15) is 0 Å². The highest BCUT2D eigenvalue weighted by Gasteiger charge is 2.13. The number of allylic oxidation sites excluding steroid dienone is 1. The first-order valence-electron chi connectivity index (χ1n) is 8.95. The van der Waals surface area contributed by atoms with Crippen molar-refractivity contribution in [2.45, 2.75) is 4.90 Å². The Morgan fingerprint density at radius 1 is 0.933 bits per heavy atom. The molecule has 7 heteroatoms. The van der Waals surface area contributed by atoms with Crippen LogP contribution in [0.25, 0.3) is 0 Å². The fourth-order valence-electron chi connectivity index (χ4n) is 2.50.